The summed E-state index contributed by atoms with van der Waals surface area (Å²) in [6.45, 7) is 0. The summed E-state index contributed by atoms with van der Waals surface area (Å²) in [5.41, 5.74) is 4.22. The van der Waals surface area contributed by atoms with Crippen molar-refractivity contribution in [3.8, 4) is 0 Å². The number of hydrogen-bond donors (Lipinski definition) is 4. The van der Waals surface area contributed by atoms with Gasteiger partial charge in [-0.2, -0.15) is 0 Å². The summed E-state index contributed by atoms with van der Waals surface area (Å²) in [7, 11) is -1.67. The van der Waals surface area contributed by atoms with Gasteiger partial charge in [0, 0.05) is 12.4 Å². The fourth-order valence-corrected chi connectivity index (χ4v) is 0.278. The molecule has 5 N–H and O–H groups in total. The van der Waals surface area contributed by atoms with Crippen molar-refractivity contribution in [1.29, 1.82) is 0 Å². The van der Waals surface area contributed by atoms with Gasteiger partial charge in [0.15, 0.2) is 0 Å². The Balaban J connectivity index is 0.000000148. The first kappa shape index (κ1) is 8.22. The smallest absolute Gasteiger partial charge is 0.413 e. The number of aromatic nitrogens is 1. The molecule has 0 radical (unpaired) electrons. The zero-order valence-electron chi connectivity index (χ0n) is 4.86. The molecule has 1 heterocycles. The van der Waals surface area contributed by atoms with Gasteiger partial charge in [-0.1, -0.05) is 0 Å². The van der Waals surface area contributed by atoms with Crippen molar-refractivity contribution in [2.45, 2.75) is 0 Å². The van der Waals surface area contributed by atoms with Crippen molar-refractivity contribution in [2.24, 2.45) is 5.64 Å². The van der Waals surface area contributed by atoms with Crippen LogP contribution in [0.4, 0.5) is 0 Å². The molecule has 0 amide bonds. The molecule has 1 aromatic rings. The maximum absolute atomic E-state index is 7.39. The molecule has 5 heteroatoms. The maximum atomic E-state index is 7.39. The molecule has 0 aliphatic carbocycles. The third-order valence-electron chi connectivity index (χ3n) is 0.496. The van der Waals surface area contributed by atoms with Crippen molar-refractivity contribution >= 4 is 7.25 Å². The molecule has 9 heavy (non-hydrogen) atoms. The highest BCUT2D eigenvalue weighted by Gasteiger charge is 1.88. The van der Waals surface area contributed by atoms with Gasteiger partial charge in [0.25, 0.3) is 0 Å². The van der Waals surface area contributed by atoms with Gasteiger partial charge in [0.05, 0.1) is 0 Å². The average molecular weight is 128 g/mol. The molecule has 0 bridgehead atoms. The lowest BCUT2D eigenvalue weighted by atomic mass is 10.2. The predicted molar refractivity (Wildman–Crippen MR) is 35.2 cm³/mol. The lowest BCUT2D eigenvalue weighted by Crippen LogP contribution is -2.23. The Morgan fingerprint density at radius 1 is 1.22 bits per heavy atom. The normalized spacial score (nSPS) is 7.44. The van der Waals surface area contributed by atoms with Crippen LogP contribution in [0.3, 0.4) is 0 Å². The molecule has 0 unspecified atom stereocenters. The highest BCUT2D eigenvalue weighted by molar-refractivity contribution is 6.36. The van der Waals surface area contributed by atoms with Crippen LogP contribution in [0.2, 0.25) is 0 Å². The highest BCUT2D eigenvalue weighted by atomic mass is 16.4. The SMILES string of the molecule is NB(O)O.c1cc[nH]c1. The standard InChI is InChI=1S/C4H5N.BH4NO2/c1-2-4-5-3-1;2-1(3)4/h1-5H;3-4H,2H2. The Hall–Kier alpha value is -0.775. The first-order chi connectivity index (χ1) is 4.23. The van der Waals surface area contributed by atoms with Gasteiger partial charge in [0.1, 0.15) is 0 Å². The molecule has 1 aromatic heterocycles. The monoisotopic (exact) mass is 128 g/mol. The van der Waals surface area contributed by atoms with Crippen LogP contribution in [-0.2, 0) is 0 Å². The van der Waals surface area contributed by atoms with Crippen LogP contribution >= 0.6 is 0 Å². The lowest BCUT2D eigenvalue weighted by Gasteiger charge is -1.71. The van der Waals surface area contributed by atoms with Crippen LogP contribution in [0, 0.1) is 0 Å². The summed E-state index contributed by atoms with van der Waals surface area (Å²) in [5, 5.41) is 14.8. The van der Waals surface area contributed by atoms with E-state index in [9.17, 15) is 0 Å². The van der Waals surface area contributed by atoms with Gasteiger partial charge >= 0.3 is 7.25 Å². The van der Waals surface area contributed by atoms with Crippen LogP contribution in [0.5, 0.6) is 0 Å². The molecular weight excluding hydrogens is 119 g/mol. The molecule has 0 aromatic carbocycles. The Kier molecular flexibility index (Phi) is 4.90. The van der Waals surface area contributed by atoms with Crippen LogP contribution in [0.15, 0.2) is 24.5 Å². The molecule has 0 spiro atoms. The van der Waals surface area contributed by atoms with E-state index in [-0.39, 0.29) is 0 Å². The minimum Gasteiger partial charge on any atom is -0.413 e. The summed E-state index contributed by atoms with van der Waals surface area (Å²) in [6.07, 6.45) is 3.75. The molecule has 0 fully saturated rings. The minimum absolute atomic E-state index is 1.67. The molecule has 4 nitrogen and oxygen atoms in total. The van der Waals surface area contributed by atoms with Crippen molar-refractivity contribution in [3.63, 3.8) is 0 Å². The summed E-state index contributed by atoms with van der Waals surface area (Å²) in [6, 6.07) is 3.89. The van der Waals surface area contributed by atoms with E-state index in [0.29, 0.717) is 0 Å². The second kappa shape index (κ2) is 5.36. The number of nitrogens with two attached hydrogens (primary N) is 1. The molecular formula is C4H9BN2O2. The van der Waals surface area contributed by atoms with E-state index in [1.165, 1.54) is 0 Å². The Morgan fingerprint density at radius 3 is 1.67 bits per heavy atom. The zero-order valence-corrected chi connectivity index (χ0v) is 4.86. The van der Waals surface area contributed by atoms with Gasteiger partial charge in [-0.05, 0) is 12.1 Å². The number of hydrogen-bond acceptors (Lipinski definition) is 3. The van der Waals surface area contributed by atoms with Crippen LogP contribution < -0.4 is 5.64 Å². The summed E-state index contributed by atoms with van der Waals surface area (Å²) >= 11 is 0. The van der Waals surface area contributed by atoms with Crippen LogP contribution in [0.25, 0.3) is 0 Å². The summed E-state index contributed by atoms with van der Waals surface area (Å²) in [4.78, 5) is 2.86. The van der Waals surface area contributed by atoms with E-state index in [1.54, 1.807) is 0 Å². The number of rotatable bonds is 0. The second-order valence-electron chi connectivity index (χ2n) is 1.30. The van der Waals surface area contributed by atoms with E-state index in [0.717, 1.165) is 0 Å². The van der Waals surface area contributed by atoms with E-state index in [1.807, 2.05) is 24.5 Å². The largest absolute Gasteiger partial charge is 0.546 e. The van der Waals surface area contributed by atoms with Gasteiger partial charge in [0.2, 0.25) is 0 Å². The number of aromatic amines is 1. The molecule has 0 atom stereocenters. The van der Waals surface area contributed by atoms with Crippen molar-refractivity contribution in [1.82, 2.24) is 4.98 Å². The van der Waals surface area contributed by atoms with E-state index in [4.69, 9.17) is 10.0 Å². The average Bonchev–Trinajstić information content (AvgIpc) is 2.11. The van der Waals surface area contributed by atoms with E-state index >= 15 is 0 Å². The zero-order chi connectivity index (χ0) is 7.11. The number of H-pyrrole nitrogens is 1. The summed E-state index contributed by atoms with van der Waals surface area (Å²) in [5.74, 6) is 0. The van der Waals surface area contributed by atoms with Crippen LogP contribution in [0.1, 0.15) is 0 Å². The molecule has 0 aliphatic rings. The lowest BCUT2D eigenvalue weighted by molar-refractivity contribution is 0.409. The Bertz CT molecular complexity index is 100. The van der Waals surface area contributed by atoms with Crippen molar-refractivity contribution in [2.75, 3.05) is 0 Å². The first-order valence-electron chi connectivity index (χ1n) is 2.43. The molecule has 0 aliphatic heterocycles. The van der Waals surface area contributed by atoms with E-state index < -0.39 is 7.25 Å². The molecule has 1 rings (SSSR count). The van der Waals surface area contributed by atoms with Gasteiger partial charge in [-0.15, -0.1) is 0 Å². The molecule has 50 valence electrons. The number of nitrogens with one attached hydrogen (secondary N) is 1. The van der Waals surface area contributed by atoms with E-state index in [2.05, 4.69) is 10.6 Å². The predicted octanol–water partition coefficient (Wildman–Crippen LogP) is -1.07. The highest BCUT2D eigenvalue weighted by Crippen LogP contribution is 1.72. The minimum atomic E-state index is -1.67. The summed E-state index contributed by atoms with van der Waals surface area (Å²) < 4.78 is 0. The fourth-order valence-electron chi connectivity index (χ4n) is 0.278. The first-order valence-corrected chi connectivity index (χ1v) is 2.43. The quantitative estimate of drug-likeness (QED) is 0.335. The Morgan fingerprint density at radius 2 is 1.56 bits per heavy atom. The second-order valence-corrected chi connectivity index (χ2v) is 1.30. The maximum Gasteiger partial charge on any atom is 0.546 e. The third kappa shape index (κ3) is 11.0. The van der Waals surface area contributed by atoms with Gasteiger partial charge < -0.3 is 20.7 Å². The third-order valence-corrected chi connectivity index (χ3v) is 0.496. The fraction of sp³-hybridized carbons (Fsp3) is 0. The van der Waals surface area contributed by atoms with Crippen LogP contribution in [-0.4, -0.2) is 22.3 Å². The Labute approximate surface area is 53.5 Å². The van der Waals surface area contributed by atoms with Crippen molar-refractivity contribution in [3.05, 3.63) is 24.5 Å². The van der Waals surface area contributed by atoms with Gasteiger partial charge in [-0.25, -0.2) is 0 Å². The topological polar surface area (TPSA) is 82.3 Å². The molecule has 0 saturated carbocycles. The van der Waals surface area contributed by atoms with Gasteiger partial charge in [-0.3, -0.25) is 0 Å². The molecule has 0 saturated heterocycles. The van der Waals surface area contributed by atoms with Crippen molar-refractivity contribution < 1.29 is 10.0 Å².